The van der Waals surface area contributed by atoms with Crippen LogP contribution in [-0.4, -0.2) is 35.0 Å². The number of aliphatic hydroxyl groups is 1. The molecule has 158 valence electrons. The molecule has 0 atom stereocenters. The molecule has 29 heavy (non-hydrogen) atoms. The van der Waals surface area contributed by atoms with Gasteiger partial charge in [-0.25, -0.2) is 9.59 Å². The minimum absolute atomic E-state index is 0.195. The summed E-state index contributed by atoms with van der Waals surface area (Å²) < 4.78 is 11.9. The number of benzene rings is 1. The molecule has 0 aromatic heterocycles. The second kappa shape index (κ2) is 9.16. The van der Waals surface area contributed by atoms with E-state index in [2.05, 4.69) is 42.5 Å². The fraction of sp³-hybridized carbons (Fsp3) is 0.500. The number of anilines is 1. The molecule has 9 heteroatoms. The van der Waals surface area contributed by atoms with Crippen LogP contribution >= 0.6 is 31.9 Å². The number of nitrogens with one attached hydrogen (secondary N) is 2. The molecule has 1 aromatic rings. The number of aliphatic hydroxyl groups excluding tert-OH is 1. The van der Waals surface area contributed by atoms with E-state index in [4.69, 9.17) is 9.47 Å². The molecule has 3 rings (SSSR count). The maximum absolute atomic E-state index is 12.1. The Labute approximate surface area is 186 Å². The van der Waals surface area contributed by atoms with Crippen molar-refractivity contribution in [3.05, 3.63) is 38.4 Å². The van der Waals surface area contributed by atoms with Crippen LogP contribution in [0.25, 0.3) is 0 Å². The molecule has 3 N–H and O–H groups in total. The van der Waals surface area contributed by atoms with Crippen molar-refractivity contribution in [2.75, 3.05) is 5.32 Å². The maximum atomic E-state index is 12.1. The van der Waals surface area contributed by atoms with Gasteiger partial charge in [-0.05, 0) is 59.3 Å². The van der Waals surface area contributed by atoms with Crippen molar-refractivity contribution in [3.63, 3.8) is 0 Å². The van der Waals surface area contributed by atoms with E-state index in [9.17, 15) is 14.7 Å². The summed E-state index contributed by atoms with van der Waals surface area (Å²) in [6, 6.07) is 4.19. The van der Waals surface area contributed by atoms with Crippen LogP contribution in [-0.2, 0) is 25.6 Å². The van der Waals surface area contributed by atoms with E-state index < -0.39 is 17.7 Å². The van der Waals surface area contributed by atoms with E-state index in [1.807, 2.05) is 12.1 Å². The Morgan fingerprint density at radius 2 is 1.76 bits per heavy atom. The van der Waals surface area contributed by atoms with E-state index in [1.54, 1.807) is 0 Å². The lowest BCUT2D eigenvalue weighted by molar-refractivity contribution is -0.222. The highest BCUT2D eigenvalue weighted by molar-refractivity contribution is 9.11. The minimum Gasteiger partial charge on any atom is -0.419 e. The summed E-state index contributed by atoms with van der Waals surface area (Å²) in [6.45, 7) is 3.60. The summed E-state index contributed by atoms with van der Waals surface area (Å²) in [5.74, 6) is -2.73. The lowest BCUT2D eigenvalue weighted by Crippen LogP contribution is -2.42. The van der Waals surface area contributed by atoms with Crippen LogP contribution in [0.5, 0.6) is 0 Å². The second-order valence-corrected chi connectivity index (χ2v) is 9.46. The standard InChI is InChI=1S/C20H24Br2N2O5/c1-20(2)28-18(26)15(19(27)29-20)10-24-17-11(7-12(21)8-16(17)22)9-23-13-3-5-14(25)6-4-13/h7-8,10,13-14,23-25H,3-6,9H2,1-2H3. The molecule has 2 fully saturated rings. The van der Waals surface area contributed by atoms with Crippen molar-refractivity contribution in [2.45, 2.75) is 64.0 Å². The fourth-order valence-electron chi connectivity index (χ4n) is 3.38. The van der Waals surface area contributed by atoms with Gasteiger partial charge in [-0.2, -0.15) is 0 Å². The van der Waals surface area contributed by atoms with E-state index in [-0.39, 0.29) is 11.7 Å². The monoisotopic (exact) mass is 530 g/mol. The summed E-state index contributed by atoms with van der Waals surface area (Å²) in [5.41, 5.74) is 1.49. The zero-order valence-electron chi connectivity index (χ0n) is 16.3. The van der Waals surface area contributed by atoms with Crippen molar-refractivity contribution >= 4 is 49.5 Å². The molecular weight excluding hydrogens is 508 g/mol. The van der Waals surface area contributed by atoms with Gasteiger partial charge >= 0.3 is 11.9 Å². The number of hydrogen-bond donors (Lipinski definition) is 3. The zero-order valence-corrected chi connectivity index (χ0v) is 19.4. The molecule has 0 spiro atoms. The van der Waals surface area contributed by atoms with Gasteiger partial charge in [0.05, 0.1) is 11.8 Å². The molecule has 0 unspecified atom stereocenters. The fourth-order valence-corrected chi connectivity index (χ4v) is 4.81. The highest BCUT2D eigenvalue weighted by Crippen LogP contribution is 2.32. The summed E-state index contributed by atoms with van der Waals surface area (Å²) in [4.78, 5) is 24.3. The molecule has 0 bridgehead atoms. The number of carbonyl (C=O) groups excluding carboxylic acids is 2. The molecule has 1 heterocycles. The Kier molecular flexibility index (Phi) is 7.03. The van der Waals surface area contributed by atoms with Crippen LogP contribution in [0.3, 0.4) is 0 Å². The molecule has 1 saturated carbocycles. The number of hydrogen-bond acceptors (Lipinski definition) is 7. The highest BCUT2D eigenvalue weighted by Gasteiger charge is 2.39. The van der Waals surface area contributed by atoms with Crippen LogP contribution in [0.1, 0.15) is 45.1 Å². The first-order valence-corrected chi connectivity index (χ1v) is 11.1. The van der Waals surface area contributed by atoms with Crippen LogP contribution in [0, 0.1) is 0 Å². The van der Waals surface area contributed by atoms with Crippen molar-refractivity contribution in [1.29, 1.82) is 0 Å². The van der Waals surface area contributed by atoms with Crippen molar-refractivity contribution < 1.29 is 24.2 Å². The highest BCUT2D eigenvalue weighted by atomic mass is 79.9. The first-order chi connectivity index (χ1) is 13.6. The van der Waals surface area contributed by atoms with Gasteiger partial charge in [-0.3, -0.25) is 0 Å². The molecule has 0 radical (unpaired) electrons. The van der Waals surface area contributed by atoms with Crippen LogP contribution in [0.4, 0.5) is 5.69 Å². The van der Waals surface area contributed by atoms with Gasteiger partial charge < -0.3 is 25.2 Å². The normalized spacial score (nSPS) is 24.0. The van der Waals surface area contributed by atoms with Gasteiger partial charge in [-0.15, -0.1) is 0 Å². The largest absolute Gasteiger partial charge is 0.419 e. The third-order valence-corrected chi connectivity index (χ3v) is 5.98. The summed E-state index contributed by atoms with van der Waals surface area (Å²) in [6.07, 6.45) is 4.58. The van der Waals surface area contributed by atoms with Gasteiger partial charge in [-0.1, -0.05) is 15.9 Å². The molecule has 7 nitrogen and oxygen atoms in total. The predicted molar refractivity (Wildman–Crippen MR) is 115 cm³/mol. The number of esters is 2. The SMILES string of the molecule is CC1(C)OC(=O)C(=CNc2c(Br)cc(Br)cc2CNC2CCC(O)CC2)C(=O)O1. The third-order valence-electron chi connectivity index (χ3n) is 4.89. The molecule has 0 amide bonds. The molecule has 1 aliphatic carbocycles. The van der Waals surface area contributed by atoms with Crippen molar-refractivity contribution in [2.24, 2.45) is 0 Å². The van der Waals surface area contributed by atoms with Gasteiger partial charge in [0.25, 0.3) is 5.79 Å². The summed E-state index contributed by atoms with van der Waals surface area (Å²) in [5, 5.41) is 16.2. The first kappa shape index (κ1) is 22.3. The van der Waals surface area contributed by atoms with Gasteiger partial charge in [0.15, 0.2) is 5.57 Å². The molecular formula is C20H24Br2N2O5. The van der Waals surface area contributed by atoms with Crippen LogP contribution in [0.15, 0.2) is 32.9 Å². The van der Waals surface area contributed by atoms with Crippen molar-refractivity contribution in [1.82, 2.24) is 5.32 Å². The molecule has 2 aliphatic rings. The van der Waals surface area contributed by atoms with E-state index in [0.29, 0.717) is 12.6 Å². The lowest BCUT2D eigenvalue weighted by Gasteiger charge is -2.29. The zero-order chi connectivity index (χ0) is 21.2. The predicted octanol–water partition coefficient (Wildman–Crippen LogP) is 3.74. The average Bonchev–Trinajstić information content (AvgIpc) is 2.61. The van der Waals surface area contributed by atoms with E-state index >= 15 is 0 Å². The number of ether oxygens (including phenoxy) is 2. The van der Waals surface area contributed by atoms with Gasteiger partial charge in [0, 0.05) is 41.6 Å². The smallest absolute Gasteiger partial charge is 0.350 e. The van der Waals surface area contributed by atoms with E-state index in [0.717, 1.165) is 45.9 Å². The van der Waals surface area contributed by atoms with E-state index in [1.165, 1.54) is 20.0 Å². The Balaban J connectivity index is 1.75. The quantitative estimate of drug-likeness (QED) is 0.302. The number of carbonyl (C=O) groups is 2. The Morgan fingerprint density at radius 1 is 1.14 bits per heavy atom. The first-order valence-electron chi connectivity index (χ1n) is 9.47. The number of halogens is 2. The van der Waals surface area contributed by atoms with Gasteiger partial charge in [0.2, 0.25) is 0 Å². The Bertz CT molecular complexity index is 810. The van der Waals surface area contributed by atoms with Crippen LogP contribution in [0.2, 0.25) is 0 Å². The van der Waals surface area contributed by atoms with Crippen molar-refractivity contribution in [3.8, 4) is 0 Å². The third kappa shape index (κ3) is 5.81. The Hall–Kier alpha value is -1.42. The molecule has 1 saturated heterocycles. The maximum Gasteiger partial charge on any atom is 0.350 e. The number of rotatable bonds is 5. The Morgan fingerprint density at radius 3 is 2.38 bits per heavy atom. The van der Waals surface area contributed by atoms with Crippen LogP contribution < -0.4 is 10.6 Å². The molecule has 1 aromatic carbocycles. The summed E-state index contributed by atoms with van der Waals surface area (Å²) in [7, 11) is 0. The second-order valence-electron chi connectivity index (χ2n) is 7.69. The lowest BCUT2D eigenvalue weighted by atomic mass is 9.93. The topological polar surface area (TPSA) is 96.9 Å². The minimum atomic E-state index is -1.27. The van der Waals surface area contributed by atoms with Gasteiger partial charge in [0.1, 0.15) is 0 Å². The molecule has 1 aliphatic heterocycles. The number of cyclic esters (lactones) is 2. The summed E-state index contributed by atoms with van der Waals surface area (Å²) >= 11 is 7.03. The average molecular weight is 532 g/mol.